The lowest BCUT2D eigenvalue weighted by Gasteiger charge is -2.08. The predicted octanol–water partition coefficient (Wildman–Crippen LogP) is 1.73. The lowest BCUT2D eigenvalue weighted by molar-refractivity contribution is -0.384. The molecule has 16 heavy (non-hydrogen) atoms. The Balaban J connectivity index is 3.24. The lowest BCUT2D eigenvalue weighted by Crippen LogP contribution is -2.01. The number of rotatable bonds is 4. The standard InChI is InChI=1S/C11H9NO4/c1-3-4-16-11-8(2)5-10(12(14)15)6-9(11)7-13/h1,5-7H,4H2,2H3. The van der Waals surface area contributed by atoms with E-state index in [2.05, 4.69) is 5.92 Å². The summed E-state index contributed by atoms with van der Waals surface area (Å²) in [5, 5.41) is 10.6. The van der Waals surface area contributed by atoms with Gasteiger partial charge in [0, 0.05) is 12.1 Å². The molecule has 0 fully saturated rings. The summed E-state index contributed by atoms with van der Waals surface area (Å²) in [6.45, 7) is 1.63. The Labute approximate surface area is 92.2 Å². The molecule has 1 aromatic rings. The van der Waals surface area contributed by atoms with Crippen LogP contribution in [0.25, 0.3) is 0 Å². The molecule has 0 aliphatic rings. The first kappa shape index (κ1) is 11.7. The van der Waals surface area contributed by atoms with Crippen LogP contribution in [-0.2, 0) is 0 Å². The van der Waals surface area contributed by atoms with Crippen molar-refractivity contribution in [2.24, 2.45) is 0 Å². The molecule has 0 spiro atoms. The highest BCUT2D eigenvalue weighted by Crippen LogP contribution is 2.27. The minimum Gasteiger partial charge on any atom is -0.480 e. The summed E-state index contributed by atoms with van der Waals surface area (Å²) >= 11 is 0. The molecule has 0 atom stereocenters. The van der Waals surface area contributed by atoms with Gasteiger partial charge in [-0.2, -0.15) is 0 Å². The van der Waals surface area contributed by atoms with E-state index in [0.717, 1.165) is 6.07 Å². The lowest BCUT2D eigenvalue weighted by atomic mass is 10.1. The van der Waals surface area contributed by atoms with Crippen LogP contribution in [0.3, 0.4) is 0 Å². The van der Waals surface area contributed by atoms with Crippen LogP contribution in [-0.4, -0.2) is 17.8 Å². The van der Waals surface area contributed by atoms with Crippen molar-refractivity contribution in [1.82, 2.24) is 0 Å². The molecule has 1 rings (SSSR count). The molecule has 0 aliphatic carbocycles. The van der Waals surface area contributed by atoms with Crippen LogP contribution in [0.15, 0.2) is 12.1 Å². The second kappa shape index (κ2) is 4.94. The second-order valence-corrected chi connectivity index (χ2v) is 3.05. The predicted molar refractivity (Wildman–Crippen MR) is 57.5 cm³/mol. The van der Waals surface area contributed by atoms with Crippen LogP contribution in [0.5, 0.6) is 5.75 Å². The van der Waals surface area contributed by atoms with Gasteiger partial charge in [0.15, 0.2) is 6.29 Å². The average molecular weight is 219 g/mol. The van der Waals surface area contributed by atoms with Gasteiger partial charge < -0.3 is 4.74 Å². The van der Waals surface area contributed by atoms with E-state index in [4.69, 9.17) is 11.2 Å². The summed E-state index contributed by atoms with van der Waals surface area (Å²) in [4.78, 5) is 20.8. The van der Waals surface area contributed by atoms with Gasteiger partial charge in [-0.3, -0.25) is 14.9 Å². The SMILES string of the molecule is C#CCOc1c(C)cc([N+](=O)[O-])cc1C=O. The maximum absolute atomic E-state index is 10.8. The van der Waals surface area contributed by atoms with Gasteiger partial charge in [-0.1, -0.05) is 5.92 Å². The molecule has 0 heterocycles. The van der Waals surface area contributed by atoms with Gasteiger partial charge in [0.2, 0.25) is 0 Å². The molecule has 0 amide bonds. The molecule has 0 aromatic heterocycles. The Morgan fingerprint density at radius 1 is 1.62 bits per heavy atom. The first-order chi connectivity index (χ1) is 7.60. The first-order valence-corrected chi connectivity index (χ1v) is 4.40. The third-order valence-electron chi connectivity index (χ3n) is 1.93. The Morgan fingerprint density at radius 3 is 2.81 bits per heavy atom. The van der Waals surface area contributed by atoms with Crippen molar-refractivity contribution in [3.8, 4) is 18.1 Å². The summed E-state index contributed by atoms with van der Waals surface area (Å²) < 4.78 is 5.15. The molecular weight excluding hydrogens is 210 g/mol. The zero-order valence-corrected chi connectivity index (χ0v) is 8.60. The summed E-state index contributed by atoms with van der Waals surface area (Å²) in [6, 6.07) is 2.49. The van der Waals surface area contributed by atoms with E-state index in [1.165, 1.54) is 6.07 Å². The molecule has 1 aromatic carbocycles. The van der Waals surface area contributed by atoms with E-state index < -0.39 is 4.92 Å². The van der Waals surface area contributed by atoms with E-state index in [9.17, 15) is 14.9 Å². The summed E-state index contributed by atoms with van der Waals surface area (Å²) in [7, 11) is 0. The Hall–Kier alpha value is -2.35. The van der Waals surface area contributed by atoms with Crippen molar-refractivity contribution in [2.45, 2.75) is 6.92 Å². The quantitative estimate of drug-likeness (QED) is 0.334. The number of terminal acetylenes is 1. The van der Waals surface area contributed by atoms with Gasteiger partial charge >= 0.3 is 0 Å². The first-order valence-electron chi connectivity index (χ1n) is 4.40. The van der Waals surface area contributed by atoms with Gasteiger partial charge in [-0.25, -0.2) is 0 Å². The van der Waals surface area contributed by atoms with Crippen molar-refractivity contribution in [2.75, 3.05) is 6.61 Å². The van der Waals surface area contributed by atoms with Crippen molar-refractivity contribution in [3.63, 3.8) is 0 Å². The molecule has 5 heteroatoms. The van der Waals surface area contributed by atoms with Crippen molar-refractivity contribution >= 4 is 12.0 Å². The molecule has 0 saturated carbocycles. The fourth-order valence-corrected chi connectivity index (χ4v) is 1.29. The largest absolute Gasteiger partial charge is 0.480 e. The van der Waals surface area contributed by atoms with Gasteiger partial charge in [0.05, 0.1) is 10.5 Å². The summed E-state index contributed by atoms with van der Waals surface area (Å²) in [5.74, 6) is 2.55. The topological polar surface area (TPSA) is 69.4 Å². The Bertz CT molecular complexity index is 474. The van der Waals surface area contributed by atoms with Gasteiger partial charge in [-0.15, -0.1) is 6.42 Å². The number of aryl methyl sites for hydroxylation is 1. The molecule has 0 radical (unpaired) electrons. The van der Waals surface area contributed by atoms with E-state index in [-0.39, 0.29) is 17.9 Å². The van der Waals surface area contributed by atoms with Crippen LogP contribution in [0.2, 0.25) is 0 Å². The number of benzene rings is 1. The highest BCUT2D eigenvalue weighted by atomic mass is 16.6. The number of nitro groups is 1. The molecule has 82 valence electrons. The van der Waals surface area contributed by atoms with Crippen molar-refractivity contribution < 1.29 is 14.5 Å². The number of hydrogen-bond donors (Lipinski definition) is 0. The number of aldehydes is 1. The fraction of sp³-hybridized carbons (Fsp3) is 0.182. The van der Waals surface area contributed by atoms with Crippen LogP contribution in [0.4, 0.5) is 5.69 Å². The minimum atomic E-state index is -0.565. The minimum absolute atomic E-state index is 0.0134. The van der Waals surface area contributed by atoms with Crippen LogP contribution < -0.4 is 4.74 Å². The van der Waals surface area contributed by atoms with E-state index >= 15 is 0 Å². The molecule has 0 bridgehead atoms. The zero-order chi connectivity index (χ0) is 12.1. The molecule has 0 aliphatic heterocycles. The van der Waals surface area contributed by atoms with Crippen molar-refractivity contribution in [1.29, 1.82) is 0 Å². The smallest absolute Gasteiger partial charge is 0.270 e. The normalized spacial score (nSPS) is 9.25. The zero-order valence-electron chi connectivity index (χ0n) is 8.60. The molecule has 5 nitrogen and oxygen atoms in total. The third kappa shape index (κ3) is 2.36. The van der Waals surface area contributed by atoms with E-state index in [1.807, 2.05) is 0 Å². The maximum Gasteiger partial charge on any atom is 0.270 e. The number of carbonyl (C=O) groups excluding carboxylic acids is 1. The number of nitrogens with zero attached hydrogens (tertiary/aromatic N) is 1. The van der Waals surface area contributed by atoms with Crippen LogP contribution in [0, 0.1) is 29.4 Å². The molecule has 0 saturated heterocycles. The van der Waals surface area contributed by atoms with Gasteiger partial charge in [-0.05, 0) is 12.5 Å². The number of nitro benzene ring substituents is 1. The highest BCUT2D eigenvalue weighted by Gasteiger charge is 2.14. The van der Waals surface area contributed by atoms with Crippen LogP contribution >= 0.6 is 0 Å². The second-order valence-electron chi connectivity index (χ2n) is 3.05. The fourth-order valence-electron chi connectivity index (χ4n) is 1.29. The number of ether oxygens (including phenoxy) is 1. The molecule has 0 N–H and O–H groups in total. The molecular formula is C11H9NO4. The number of carbonyl (C=O) groups is 1. The summed E-state index contributed by atoms with van der Waals surface area (Å²) in [5.41, 5.74) is 0.487. The Morgan fingerprint density at radius 2 is 2.31 bits per heavy atom. The van der Waals surface area contributed by atoms with Crippen molar-refractivity contribution in [3.05, 3.63) is 33.4 Å². The number of hydrogen-bond acceptors (Lipinski definition) is 4. The van der Waals surface area contributed by atoms with E-state index in [0.29, 0.717) is 17.6 Å². The maximum atomic E-state index is 10.8. The Kier molecular flexibility index (Phi) is 3.62. The average Bonchev–Trinajstić information content (AvgIpc) is 2.26. The van der Waals surface area contributed by atoms with Gasteiger partial charge in [0.1, 0.15) is 12.4 Å². The van der Waals surface area contributed by atoms with Gasteiger partial charge in [0.25, 0.3) is 5.69 Å². The number of non-ortho nitro benzene ring substituents is 1. The monoisotopic (exact) mass is 219 g/mol. The molecule has 0 unspecified atom stereocenters. The summed E-state index contributed by atoms with van der Waals surface area (Å²) in [6.07, 6.45) is 5.53. The van der Waals surface area contributed by atoms with E-state index in [1.54, 1.807) is 6.92 Å². The third-order valence-corrected chi connectivity index (χ3v) is 1.93. The highest BCUT2D eigenvalue weighted by molar-refractivity contribution is 5.81. The van der Waals surface area contributed by atoms with Crippen LogP contribution in [0.1, 0.15) is 15.9 Å².